The molecule has 78 valence electrons. The van der Waals surface area contributed by atoms with E-state index in [-0.39, 0.29) is 11.5 Å². The SMILES string of the molecule is CC#CC(=O)N1CC[C@@](CN)(OC)C1. The fraction of sp³-hybridized carbons (Fsp3) is 0.700. The number of hydrogen-bond acceptors (Lipinski definition) is 3. The normalized spacial score (nSPS) is 25.8. The number of nitrogens with zero attached hydrogens (tertiary/aromatic N) is 1. The average molecular weight is 196 g/mol. The molecule has 0 aromatic carbocycles. The van der Waals surface area contributed by atoms with Gasteiger partial charge < -0.3 is 15.4 Å². The Bertz CT molecular complexity index is 274. The van der Waals surface area contributed by atoms with E-state index in [0.717, 1.165) is 6.42 Å². The van der Waals surface area contributed by atoms with Gasteiger partial charge in [-0.1, -0.05) is 5.92 Å². The van der Waals surface area contributed by atoms with Crippen molar-refractivity contribution in [1.82, 2.24) is 4.90 Å². The molecule has 1 amide bonds. The molecular formula is C10H16N2O2. The van der Waals surface area contributed by atoms with Crippen LogP contribution in [0.1, 0.15) is 13.3 Å². The molecule has 0 spiro atoms. The quantitative estimate of drug-likeness (QED) is 0.611. The van der Waals surface area contributed by atoms with Crippen molar-refractivity contribution < 1.29 is 9.53 Å². The lowest BCUT2D eigenvalue weighted by Gasteiger charge is -2.25. The third kappa shape index (κ3) is 2.06. The first-order valence-corrected chi connectivity index (χ1v) is 4.64. The highest BCUT2D eigenvalue weighted by Gasteiger charge is 2.38. The van der Waals surface area contributed by atoms with E-state index < -0.39 is 0 Å². The van der Waals surface area contributed by atoms with Crippen molar-refractivity contribution in [2.24, 2.45) is 5.73 Å². The highest BCUT2D eigenvalue weighted by molar-refractivity contribution is 5.93. The molecule has 0 aliphatic carbocycles. The number of nitrogens with two attached hydrogens (primary N) is 1. The van der Waals surface area contributed by atoms with Gasteiger partial charge in [0.2, 0.25) is 0 Å². The first-order chi connectivity index (χ1) is 6.67. The summed E-state index contributed by atoms with van der Waals surface area (Å²) in [4.78, 5) is 13.1. The first-order valence-electron chi connectivity index (χ1n) is 4.64. The molecule has 0 bridgehead atoms. The monoisotopic (exact) mass is 196 g/mol. The fourth-order valence-corrected chi connectivity index (χ4v) is 1.62. The van der Waals surface area contributed by atoms with Crippen LogP contribution in [0.2, 0.25) is 0 Å². The van der Waals surface area contributed by atoms with Crippen LogP contribution in [0.15, 0.2) is 0 Å². The maximum Gasteiger partial charge on any atom is 0.298 e. The Labute approximate surface area is 84.4 Å². The minimum absolute atomic E-state index is 0.139. The second-order valence-electron chi connectivity index (χ2n) is 3.44. The predicted octanol–water partition coefficient (Wildman–Crippen LogP) is -0.414. The van der Waals surface area contributed by atoms with Crippen molar-refractivity contribution in [3.63, 3.8) is 0 Å². The Hall–Kier alpha value is -1.05. The van der Waals surface area contributed by atoms with E-state index in [9.17, 15) is 4.79 Å². The van der Waals surface area contributed by atoms with Crippen LogP contribution in [0.5, 0.6) is 0 Å². The molecular weight excluding hydrogens is 180 g/mol. The van der Waals surface area contributed by atoms with Crippen molar-refractivity contribution in [1.29, 1.82) is 0 Å². The minimum atomic E-state index is -0.356. The summed E-state index contributed by atoms with van der Waals surface area (Å²) in [5.74, 6) is 4.97. The predicted molar refractivity (Wildman–Crippen MR) is 53.4 cm³/mol. The lowest BCUT2D eigenvalue weighted by atomic mass is 10.0. The topological polar surface area (TPSA) is 55.6 Å². The summed E-state index contributed by atoms with van der Waals surface area (Å²) in [5.41, 5.74) is 5.26. The Balaban J connectivity index is 2.63. The molecule has 4 nitrogen and oxygen atoms in total. The number of hydrogen-bond donors (Lipinski definition) is 1. The number of likely N-dealkylation sites (tertiary alicyclic amines) is 1. The summed E-state index contributed by atoms with van der Waals surface area (Å²) >= 11 is 0. The second kappa shape index (κ2) is 4.45. The van der Waals surface area contributed by atoms with E-state index >= 15 is 0 Å². The molecule has 1 aliphatic rings. The summed E-state index contributed by atoms with van der Waals surface area (Å²) in [6, 6.07) is 0. The molecule has 0 aromatic heterocycles. The maximum absolute atomic E-state index is 11.4. The third-order valence-electron chi connectivity index (χ3n) is 2.64. The number of carbonyl (C=O) groups excluding carboxylic acids is 1. The molecule has 0 saturated carbocycles. The van der Waals surface area contributed by atoms with E-state index in [4.69, 9.17) is 10.5 Å². The van der Waals surface area contributed by atoms with Gasteiger partial charge in [0, 0.05) is 20.2 Å². The molecule has 1 rings (SSSR count). The molecule has 0 radical (unpaired) electrons. The summed E-state index contributed by atoms with van der Waals surface area (Å²) in [7, 11) is 1.63. The number of methoxy groups -OCH3 is 1. The van der Waals surface area contributed by atoms with Gasteiger partial charge in [0.15, 0.2) is 0 Å². The van der Waals surface area contributed by atoms with E-state index in [1.54, 1.807) is 18.9 Å². The third-order valence-corrected chi connectivity index (χ3v) is 2.64. The van der Waals surface area contributed by atoms with Gasteiger partial charge in [0.05, 0.1) is 12.1 Å². The smallest absolute Gasteiger partial charge is 0.298 e. The van der Waals surface area contributed by atoms with E-state index in [1.807, 2.05) is 0 Å². The van der Waals surface area contributed by atoms with Gasteiger partial charge >= 0.3 is 0 Å². The Morgan fingerprint density at radius 1 is 1.71 bits per heavy atom. The molecule has 1 aliphatic heterocycles. The van der Waals surface area contributed by atoms with Gasteiger partial charge in [-0.2, -0.15) is 0 Å². The van der Waals surface area contributed by atoms with Crippen LogP contribution < -0.4 is 5.73 Å². The van der Waals surface area contributed by atoms with Gasteiger partial charge in [0.25, 0.3) is 5.91 Å². The fourth-order valence-electron chi connectivity index (χ4n) is 1.62. The molecule has 1 fully saturated rings. The van der Waals surface area contributed by atoms with E-state index in [2.05, 4.69) is 11.8 Å². The summed E-state index contributed by atoms with van der Waals surface area (Å²) in [6.07, 6.45) is 0.789. The molecule has 1 atom stereocenters. The minimum Gasteiger partial charge on any atom is -0.375 e. The molecule has 1 saturated heterocycles. The van der Waals surface area contributed by atoms with Crippen molar-refractivity contribution >= 4 is 5.91 Å². The lowest BCUT2D eigenvalue weighted by Crippen LogP contribution is -2.43. The number of ether oxygens (including phenoxy) is 1. The Morgan fingerprint density at radius 3 is 2.86 bits per heavy atom. The number of rotatable bonds is 2. The van der Waals surface area contributed by atoms with Crippen molar-refractivity contribution in [2.45, 2.75) is 18.9 Å². The van der Waals surface area contributed by atoms with Gasteiger partial charge in [-0.25, -0.2) is 0 Å². The molecule has 1 heterocycles. The van der Waals surface area contributed by atoms with Gasteiger partial charge in [-0.05, 0) is 19.3 Å². The van der Waals surface area contributed by atoms with Crippen molar-refractivity contribution in [2.75, 3.05) is 26.7 Å². The largest absolute Gasteiger partial charge is 0.375 e. The zero-order valence-electron chi connectivity index (χ0n) is 8.67. The van der Waals surface area contributed by atoms with Crippen LogP contribution in [0.25, 0.3) is 0 Å². The zero-order chi connectivity index (χ0) is 10.6. The summed E-state index contributed by atoms with van der Waals surface area (Å²) in [6.45, 7) is 3.32. The first kappa shape index (κ1) is 11.0. The van der Waals surface area contributed by atoms with Crippen LogP contribution in [0.3, 0.4) is 0 Å². The van der Waals surface area contributed by atoms with Gasteiger partial charge in [-0.3, -0.25) is 4.79 Å². The molecule has 2 N–H and O–H groups in total. The van der Waals surface area contributed by atoms with Crippen molar-refractivity contribution in [3.8, 4) is 11.8 Å². The molecule has 0 unspecified atom stereocenters. The van der Waals surface area contributed by atoms with Crippen LogP contribution in [-0.4, -0.2) is 43.2 Å². The Morgan fingerprint density at radius 2 is 2.43 bits per heavy atom. The van der Waals surface area contributed by atoms with E-state index in [1.165, 1.54) is 0 Å². The van der Waals surface area contributed by atoms with E-state index in [0.29, 0.717) is 19.6 Å². The summed E-state index contributed by atoms with van der Waals surface area (Å²) in [5, 5.41) is 0. The van der Waals surface area contributed by atoms with Crippen LogP contribution >= 0.6 is 0 Å². The van der Waals surface area contributed by atoms with Crippen LogP contribution in [0, 0.1) is 11.8 Å². The molecule has 14 heavy (non-hydrogen) atoms. The zero-order valence-corrected chi connectivity index (χ0v) is 8.67. The standard InChI is InChI=1S/C10H16N2O2/c1-3-4-9(13)12-6-5-10(7-11,8-12)14-2/h5-8,11H2,1-2H3/t10-/m0/s1. The highest BCUT2D eigenvalue weighted by atomic mass is 16.5. The number of carbonyl (C=O) groups is 1. The van der Waals surface area contributed by atoms with Gasteiger partial charge in [-0.15, -0.1) is 0 Å². The van der Waals surface area contributed by atoms with Crippen LogP contribution in [-0.2, 0) is 9.53 Å². The number of amides is 1. The lowest BCUT2D eigenvalue weighted by molar-refractivity contribution is -0.125. The molecule has 4 heteroatoms. The maximum atomic E-state index is 11.4. The average Bonchev–Trinajstić information content (AvgIpc) is 2.63. The highest BCUT2D eigenvalue weighted by Crippen LogP contribution is 2.23. The molecule has 0 aromatic rings. The second-order valence-corrected chi connectivity index (χ2v) is 3.44. The Kier molecular flexibility index (Phi) is 3.50. The van der Waals surface area contributed by atoms with Gasteiger partial charge in [0.1, 0.15) is 0 Å². The van der Waals surface area contributed by atoms with Crippen LogP contribution in [0.4, 0.5) is 0 Å². The summed E-state index contributed by atoms with van der Waals surface area (Å²) < 4.78 is 5.34. The van der Waals surface area contributed by atoms with Crippen molar-refractivity contribution in [3.05, 3.63) is 0 Å².